The zero-order valence-corrected chi connectivity index (χ0v) is 12.4. The number of aromatic amines is 1. The highest BCUT2D eigenvalue weighted by molar-refractivity contribution is 5.78. The number of nitrogens with zero attached hydrogens (tertiary/aromatic N) is 1. The van der Waals surface area contributed by atoms with Gasteiger partial charge in [-0.3, -0.25) is 9.89 Å². The number of H-pyrrole nitrogens is 1. The molecule has 2 rings (SSSR count). The Balaban J connectivity index is 1.74. The molecule has 4 N–H and O–H groups in total. The van der Waals surface area contributed by atoms with Gasteiger partial charge in [-0.1, -0.05) is 24.3 Å². The van der Waals surface area contributed by atoms with E-state index < -0.39 is 0 Å². The van der Waals surface area contributed by atoms with Gasteiger partial charge in [-0.15, -0.1) is 0 Å². The van der Waals surface area contributed by atoms with Crippen LogP contribution in [0.1, 0.15) is 28.8 Å². The molecule has 0 saturated carbocycles. The van der Waals surface area contributed by atoms with Crippen LogP contribution in [0.25, 0.3) is 0 Å². The number of rotatable bonds is 7. The largest absolute Gasteiger partial charge is 0.356 e. The molecule has 0 unspecified atom stereocenters. The lowest BCUT2D eigenvalue weighted by Gasteiger charge is -2.08. The van der Waals surface area contributed by atoms with Crippen LogP contribution in [0, 0.1) is 6.92 Å². The number of aryl methyl sites for hydroxylation is 2. The second-order valence-corrected chi connectivity index (χ2v) is 5.12. The van der Waals surface area contributed by atoms with Gasteiger partial charge in [-0.05, 0) is 36.5 Å². The van der Waals surface area contributed by atoms with Crippen LogP contribution in [0.3, 0.4) is 0 Å². The minimum absolute atomic E-state index is 0.0415. The van der Waals surface area contributed by atoms with Crippen molar-refractivity contribution >= 4 is 5.91 Å². The summed E-state index contributed by atoms with van der Waals surface area (Å²) in [5, 5.41) is 9.85. The minimum atomic E-state index is 0.0415. The summed E-state index contributed by atoms with van der Waals surface area (Å²) >= 11 is 0. The van der Waals surface area contributed by atoms with Gasteiger partial charge >= 0.3 is 0 Å². The standard InChI is InChI=1S/C16H22N4O/c1-12-15(11-19-20-12)7-4-8-18-16(21)9-13-5-2-3-6-14(13)10-17/h2-3,5-6,11H,4,7-10,17H2,1H3,(H,18,21)(H,19,20). The second kappa shape index (κ2) is 7.59. The monoisotopic (exact) mass is 286 g/mol. The normalized spacial score (nSPS) is 10.6. The molecule has 0 radical (unpaired) electrons. The first-order chi connectivity index (χ1) is 10.2. The molecule has 0 atom stereocenters. The van der Waals surface area contributed by atoms with E-state index in [0.29, 0.717) is 19.5 Å². The molecule has 0 saturated heterocycles. The first kappa shape index (κ1) is 15.3. The summed E-state index contributed by atoms with van der Waals surface area (Å²) in [5.41, 5.74) is 10.0. The summed E-state index contributed by atoms with van der Waals surface area (Å²) in [6, 6.07) is 7.79. The molecule has 112 valence electrons. The Morgan fingerprint density at radius 2 is 2.05 bits per heavy atom. The van der Waals surface area contributed by atoms with Crippen LogP contribution in [0.15, 0.2) is 30.5 Å². The Labute approximate surface area is 124 Å². The molecule has 1 aromatic carbocycles. The zero-order valence-electron chi connectivity index (χ0n) is 12.4. The van der Waals surface area contributed by atoms with Crippen LogP contribution in [0.4, 0.5) is 0 Å². The van der Waals surface area contributed by atoms with Gasteiger partial charge in [0, 0.05) is 18.8 Å². The quantitative estimate of drug-likeness (QED) is 0.674. The molecular weight excluding hydrogens is 264 g/mol. The molecule has 0 aliphatic carbocycles. The van der Waals surface area contributed by atoms with Crippen molar-refractivity contribution in [2.75, 3.05) is 6.54 Å². The van der Waals surface area contributed by atoms with E-state index in [0.717, 1.165) is 29.7 Å². The fourth-order valence-corrected chi connectivity index (χ4v) is 2.30. The van der Waals surface area contributed by atoms with Crippen molar-refractivity contribution in [3.8, 4) is 0 Å². The number of amides is 1. The smallest absolute Gasteiger partial charge is 0.224 e. The molecule has 0 aliphatic heterocycles. The third-order valence-corrected chi connectivity index (χ3v) is 3.57. The molecule has 21 heavy (non-hydrogen) atoms. The van der Waals surface area contributed by atoms with Crippen molar-refractivity contribution in [2.45, 2.75) is 32.7 Å². The number of carbonyl (C=O) groups excluding carboxylic acids is 1. The number of nitrogens with one attached hydrogen (secondary N) is 2. The maximum absolute atomic E-state index is 11.9. The van der Waals surface area contributed by atoms with Gasteiger partial charge in [0.25, 0.3) is 0 Å². The molecule has 1 heterocycles. The maximum atomic E-state index is 11.9. The van der Waals surface area contributed by atoms with Crippen LogP contribution in [0.5, 0.6) is 0 Å². The van der Waals surface area contributed by atoms with E-state index in [2.05, 4.69) is 15.5 Å². The molecule has 1 aromatic heterocycles. The average molecular weight is 286 g/mol. The van der Waals surface area contributed by atoms with Crippen molar-refractivity contribution < 1.29 is 4.79 Å². The number of nitrogens with two attached hydrogens (primary N) is 1. The van der Waals surface area contributed by atoms with Crippen LogP contribution in [-0.2, 0) is 24.2 Å². The molecule has 0 bridgehead atoms. The Kier molecular flexibility index (Phi) is 5.51. The number of carbonyl (C=O) groups is 1. The highest BCUT2D eigenvalue weighted by atomic mass is 16.1. The lowest BCUT2D eigenvalue weighted by Crippen LogP contribution is -2.27. The van der Waals surface area contributed by atoms with E-state index in [1.54, 1.807) is 0 Å². The minimum Gasteiger partial charge on any atom is -0.356 e. The average Bonchev–Trinajstić information content (AvgIpc) is 2.89. The van der Waals surface area contributed by atoms with Gasteiger partial charge in [-0.2, -0.15) is 5.10 Å². The highest BCUT2D eigenvalue weighted by Crippen LogP contribution is 2.09. The van der Waals surface area contributed by atoms with E-state index in [1.165, 1.54) is 5.56 Å². The highest BCUT2D eigenvalue weighted by Gasteiger charge is 2.06. The lowest BCUT2D eigenvalue weighted by molar-refractivity contribution is -0.120. The summed E-state index contributed by atoms with van der Waals surface area (Å²) in [7, 11) is 0. The van der Waals surface area contributed by atoms with Gasteiger partial charge in [0.05, 0.1) is 12.6 Å². The maximum Gasteiger partial charge on any atom is 0.224 e. The number of hydrogen-bond acceptors (Lipinski definition) is 3. The van der Waals surface area contributed by atoms with E-state index in [-0.39, 0.29) is 5.91 Å². The van der Waals surface area contributed by atoms with E-state index in [4.69, 9.17) is 5.73 Å². The summed E-state index contributed by atoms with van der Waals surface area (Å²) in [4.78, 5) is 11.9. The van der Waals surface area contributed by atoms with Crippen LogP contribution >= 0.6 is 0 Å². The third kappa shape index (κ3) is 4.43. The Morgan fingerprint density at radius 3 is 2.71 bits per heavy atom. The number of benzene rings is 1. The van der Waals surface area contributed by atoms with Gasteiger partial charge in [-0.25, -0.2) is 0 Å². The molecule has 1 amide bonds. The van der Waals surface area contributed by atoms with Crippen molar-refractivity contribution in [1.29, 1.82) is 0 Å². The fraction of sp³-hybridized carbons (Fsp3) is 0.375. The van der Waals surface area contributed by atoms with E-state index in [9.17, 15) is 4.79 Å². The predicted molar refractivity (Wildman–Crippen MR) is 82.7 cm³/mol. The van der Waals surface area contributed by atoms with E-state index >= 15 is 0 Å². The van der Waals surface area contributed by atoms with Gasteiger partial charge in [0.1, 0.15) is 0 Å². The van der Waals surface area contributed by atoms with Crippen molar-refractivity contribution in [1.82, 2.24) is 15.5 Å². The fourth-order valence-electron chi connectivity index (χ4n) is 2.30. The van der Waals surface area contributed by atoms with Crippen molar-refractivity contribution in [3.05, 3.63) is 52.8 Å². The summed E-state index contributed by atoms with van der Waals surface area (Å²) < 4.78 is 0. The summed E-state index contributed by atoms with van der Waals surface area (Å²) in [6.45, 7) is 3.14. The Hall–Kier alpha value is -2.14. The van der Waals surface area contributed by atoms with Gasteiger partial charge in [0.15, 0.2) is 0 Å². The van der Waals surface area contributed by atoms with E-state index in [1.807, 2.05) is 37.4 Å². The SMILES string of the molecule is Cc1[nH]ncc1CCCNC(=O)Cc1ccccc1CN. The zero-order chi connectivity index (χ0) is 15.1. The molecular formula is C16H22N4O. The summed E-state index contributed by atoms with van der Waals surface area (Å²) in [5.74, 6) is 0.0415. The first-order valence-electron chi connectivity index (χ1n) is 7.23. The van der Waals surface area contributed by atoms with Crippen LogP contribution in [-0.4, -0.2) is 22.6 Å². The second-order valence-electron chi connectivity index (χ2n) is 5.12. The molecule has 2 aromatic rings. The Morgan fingerprint density at radius 1 is 1.29 bits per heavy atom. The molecule has 5 heteroatoms. The van der Waals surface area contributed by atoms with Gasteiger partial charge < -0.3 is 11.1 Å². The first-order valence-corrected chi connectivity index (χ1v) is 7.23. The van der Waals surface area contributed by atoms with Crippen molar-refractivity contribution in [3.63, 3.8) is 0 Å². The molecule has 5 nitrogen and oxygen atoms in total. The molecule has 0 spiro atoms. The van der Waals surface area contributed by atoms with Crippen LogP contribution in [0.2, 0.25) is 0 Å². The van der Waals surface area contributed by atoms with Crippen molar-refractivity contribution in [2.24, 2.45) is 5.73 Å². The van der Waals surface area contributed by atoms with Crippen LogP contribution < -0.4 is 11.1 Å². The van der Waals surface area contributed by atoms with Gasteiger partial charge in [0.2, 0.25) is 5.91 Å². The third-order valence-electron chi connectivity index (χ3n) is 3.57. The number of hydrogen-bond donors (Lipinski definition) is 3. The Bertz CT molecular complexity index is 591. The lowest BCUT2D eigenvalue weighted by atomic mass is 10.0. The summed E-state index contributed by atoms with van der Waals surface area (Å²) in [6.07, 6.45) is 4.05. The number of aromatic nitrogens is 2. The predicted octanol–water partition coefficient (Wildman–Crippen LogP) is 1.47. The molecule has 0 aliphatic rings. The topological polar surface area (TPSA) is 83.8 Å². The molecule has 0 fully saturated rings.